The molecule has 5 nitrogen and oxygen atoms in total. The molecule has 24 heavy (non-hydrogen) atoms. The Labute approximate surface area is 143 Å². The predicted molar refractivity (Wildman–Crippen MR) is 95.0 cm³/mol. The highest BCUT2D eigenvalue weighted by Gasteiger charge is 2.24. The number of carbonyl (C=O) groups excluding carboxylic acids is 2. The summed E-state index contributed by atoms with van der Waals surface area (Å²) >= 11 is 0. The number of nitrogens with zero attached hydrogens (tertiary/aromatic N) is 2. The Morgan fingerprint density at radius 1 is 1.08 bits per heavy atom. The Bertz CT molecular complexity index is 633. The molecular weight excluding hydrogens is 302 g/mol. The third kappa shape index (κ3) is 3.85. The number of piperazine rings is 1. The van der Waals surface area contributed by atoms with Crippen LogP contribution in [0, 0.1) is 5.92 Å². The van der Waals surface area contributed by atoms with Gasteiger partial charge in [0.15, 0.2) is 0 Å². The molecule has 0 aromatic heterocycles. The van der Waals surface area contributed by atoms with Crippen LogP contribution in [0.15, 0.2) is 36.4 Å². The third-order valence-corrected chi connectivity index (χ3v) is 4.85. The van der Waals surface area contributed by atoms with Crippen LogP contribution in [-0.4, -0.2) is 54.8 Å². The van der Waals surface area contributed by atoms with Gasteiger partial charge in [-0.2, -0.15) is 0 Å². The second-order valence-electron chi connectivity index (χ2n) is 6.61. The zero-order chi connectivity index (χ0) is 16.9. The first-order valence-electron chi connectivity index (χ1n) is 8.68. The summed E-state index contributed by atoms with van der Waals surface area (Å²) in [5, 5.41) is 2.98. The summed E-state index contributed by atoms with van der Waals surface area (Å²) in [5.74, 6) is 0.0160. The predicted octanol–water partition coefficient (Wildman–Crippen LogP) is 2.37. The molecule has 1 fully saturated rings. The van der Waals surface area contributed by atoms with Gasteiger partial charge >= 0.3 is 0 Å². The summed E-state index contributed by atoms with van der Waals surface area (Å²) in [7, 11) is 2.06. The summed E-state index contributed by atoms with van der Waals surface area (Å²) in [6.07, 6.45) is 6.78. The van der Waals surface area contributed by atoms with E-state index >= 15 is 0 Å². The fourth-order valence-corrected chi connectivity index (χ4v) is 3.23. The van der Waals surface area contributed by atoms with E-state index < -0.39 is 0 Å². The molecule has 0 saturated carbocycles. The summed E-state index contributed by atoms with van der Waals surface area (Å²) < 4.78 is 0. The maximum absolute atomic E-state index is 12.8. The van der Waals surface area contributed by atoms with Gasteiger partial charge in [0.05, 0.1) is 11.3 Å². The van der Waals surface area contributed by atoms with Crippen LogP contribution in [0.2, 0.25) is 0 Å². The van der Waals surface area contributed by atoms with Crippen LogP contribution < -0.4 is 5.32 Å². The van der Waals surface area contributed by atoms with Crippen LogP contribution in [0.3, 0.4) is 0 Å². The van der Waals surface area contributed by atoms with E-state index in [1.165, 1.54) is 0 Å². The number of allylic oxidation sites excluding steroid dienone is 2. The number of rotatable bonds is 3. The summed E-state index contributed by atoms with van der Waals surface area (Å²) in [6.45, 7) is 3.22. The van der Waals surface area contributed by atoms with E-state index in [1.807, 2.05) is 23.1 Å². The molecule has 0 unspecified atom stereocenters. The van der Waals surface area contributed by atoms with Crippen molar-refractivity contribution in [1.82, 2.24) is 9.80 Å². The zero-order valence-corrected chi connectivity index (χ0v) is 14.2. The van der Waals surface area contributed by atoms with Crippen molar-refractivity contribution in [3.8, 4) is 0 Å². The smallest absolute Gasteiger partial charge is 0.256 e. The number of hydrogen-bond donors (Lipinski definition) is 1. The fraction of sp³-hybridized carbons (Fsp3) is 0.474. The van der Waals surface area contributed by atoms with Gasteiger partial charge in [-0.25, -0.2) is 0 Å². The Hall–Kier alpha value is -2.14. The van der Waals surface area contributed by atoms with E-state index in [-0.39, 0.29) is 17.7 Å². The van der Waals surface area contributed by atoms with Crippen molar-refractivity contribution in [2.24, 2.45) is 5.92 Å². The minimum absolute atomic E-state index is 0.00166. The van der Waals surface area contributed by atoms with Crippen molar-refractivity contribution in [1.29, 1.82) is 0 Å². The lowest BCUT2D eigenvalue weighted by Crippen LogP contribution is -2.47. The molecule has 1 aromatic rings. The molecule has 2 amide bonds. The van der Waals surface area contributed by atoms with Gasteiger partial charge in [0, 0.05) is 32.1 Å². The van der Waals surface area contributed by atoms with Crippen molar-refractivity contribution in [2.75, 3.05) is 38.5 Å². The number of hydrogen-bond acceptors (Lipinski definition) is 3. The lowest BCUT2D eigenvalue weighted by Gasteiger charge is -2.32. The minimum atomic E-state index is 0.00166. The number of amides is 2. The normalized spacial score (nSPS) is 21.5. The van der Waals surface area contributed by atoms with Crippen LogP contribution in [0.4, 0.5) is 5.69 Å². The highest BCUT2D eigenvalue weighted by atomic mass is 16.2. The van der Waals surface area contributed by atoms with Crippen molar-refractivity contribution in [3.63, 3.8) is 0 Å². The number of para-hydroxylation sites is 1. The van der Waals surface area contributed by atoms with Crippen molar-refractivity contribution in [3.05, 3.63) is 42.0 Å². The number of benzene rings is 1. The molecule has 1 heterocycles. The van der Waals surface area contributed by atoms with Gasteiger partial charge in [-0.1, -0.05) is 24.3 Å². The van der Waals surface area contributed by atoms with Gasteiger partial charge in [-0.3, -0.25) is 9.59 Å². The van der Waals surface area contributed by atoms with Crippen LogP contribution in [-0.2, 0) is 4.79 Å². The van der Waals surface area contributed by atoms with E-state index in [1.54, 1.807) is 6.07 Å². The maximum Gasteiger partial charge on any atom is 0.256 e. The van der Waals surface area contributed by atoms with Gasteiger partial charge in [0.2, 0.25) is 5.91 Å². The Morgan fingerprint density at radius 2 is 1.83 bits per heavy atom. The molecule has 1 aliphatic heterocycles. The number of anilines is 1. The van der Waals surface area contributed by atoms with Gasteiger partial charge < -0.3 is 15.1 Å². The van der Waals surface area contributed by atoms with Crippen LogP contribution >= 0.6 is 0 Å². The average Bonchev–Trinajstić information content (AvgIpc) is 2.63. The molecule has 0 radical (unpaired) electrons. The molecule has 2 aliphatic rings. The van der Waals surface area contributed by atoms with Crippen molar-refractivity contribution >= 4 is 17.5 Å². The quantitative estimate of drug-likeness (QED) is 0.867. The maximum atomic E-state index is 12.8. The van der Waals surface area contributed by atoms with E-state index in [0.717, 1.165) is 45.4 Å². The van der Waals surface area contributed by atoms with E-state index in [0.29, 0.717) is 11.3 Å². The van der Waals surface area contributed by atoms with E-state index in [2.05, 4.69) is 29.4 Å². The second kappa shape index (κ2) is 7.62. The lowest BCUT2D eigenvalue weighted by atomic mass is 9.93. The third-order valence-electron chi connectivity index (χ3n) is 4.85. The molecule has 1 N–H and O–H groups in total. The SMILES string of the molecule is CN1CCN(C(=O)c2ccccc2NC(=O)[C@@H]2CC=CCC2)CC1. The molecular formula is C19H25N3O2. The summed E-state index contributed by atoms with van der Waals surface area (Å²) in [5.41, 5.74) is 1.21. The number of nitrogens with one attached hydrogen (secondary N) is 1. The monoisotopic (exact) mass is 327 g/mol. The molecule has 1 aromatic carbocycles. The van der Waals surface area contributed by atoms with E-state index in [4.69, 9.17) is 0 Å². The van der Waals surface area contributed by atoms with Gasteiger partial charge in [0.1, 0.15) is 0 Å². The minimum Gasteiger partial charge on any atom is -0.336 e. The first-order valence-corrected chi connectivity index (χ1v) is 8.68. The van der Waals surface area contributed by atoms with Crippen LogP contribution in [0.1, 0.15) is 29.6 Å². The van der Waals surface area contributed by atoms with Gasteiger partial charge in [-0.05, 0) is 38.4 Å². The van der Waals surface area contributed by atoms with Gasteiger partial charge in [0.25, 0.3) is 5.91 Å². The largest absolute Gasteiger partial charge is 0.336 e. The highest BCUT2D eigenvalue weighted by Crippen LogP contribution is 2.23. The topological polar surface area (TPSA) is 52.6 Å². The molecule has 1 saturated heterocycles. The van der Waals surface area contributed by atoms with Gasteiger partial charge in [-0.15, -0.1) is 0 Å². The Morgan fingerprint density at radius 3 is 2.54 bits per heavy atom. The fourth-order valence-electron chi connectivity index (χ4n) is 3.23. The molecule has 1 aliphatic carbocycles. The molecule has 3 rings (SSSR count). The average molecular weight is 327 g/mol. The zero-order valence-electron chi connectivity index (χ0n) is 14.2. The standard InChI is InChI=1S/C19H25N3O2/c1-21-11-13-22(14-12-21)19(24)16-9-5-6-10-17(16)20-18(23)15-7-3-2-4-8-15/h2-3,5-6,9-10,15H,4,7-8,11-14H2,1H3,(H,20,23)/t15-/m1/s1. The number of carbonyl (C=O) groups is 2. The summed E-state index contributed by atoms with van der Waals surface area (Å²) in [6, 6.07) is 7.33. The van der Waals surface area contributed by atoms with Crippen molar-refractivity contribution < 1.29 is 9.59 Å². The Kier molecular flexibility index (Phi) is 5.30. The van der Waals surface area contributed by atoms with Crippen molar-refractivity contribution in [2.45, 2.75) is 19.3 Å². The van der Waals surface area contributed by atoms with E-state index in [9.17, 15) is 9.59 Å². The molecule has 0 bridgehead atoms. The molecule has 1 atom stereocenters. The second-order valence-corrected chi connectivity index (χ2v) is 6.61. The molecule has 5 heteroatoms. The molecule has 128 valence electrons. The highest BCUT2D eigenvalue weighted by molar-refractivity contribution is 6.04. The van der Waals surface area contributed by atoms with Crippen LogP contribution in [0.5, 0.6) is 0 Å². The van der Waals surface area contributed by atoms with Crippen LogP contribution in [0.25, 0.3) is 0 Å². The molecule has 0 spiro atoms. The first kappa shape index (κ1) is 16.7. The number of likely N-dealkylation sites (N-methyl/N-ethyl adjacent to an activating group) is 1. The first-order chi connectivity index (χ1) is 11.6. The lowest BCUT2D eigenvalue weighted by molar-refractivity contribution is -0.120. The Balaban J connectivity index is 1.71. The summed E-state index contributed by atoms with van der Waals surface area (Å²) in [4.78, 5) is 29.4.